The molecular formula is C19H24ClFN2O3Si. The van der Waals surface area contributed by atoms with Crippen LogP contribution in [0, 0.1) is 5.82 Å². The van der Waals surface area contributed by atoms with Crippen molar-refractivity contribution in [1.82, 2.24) is 4.98 Å². The second-order valence-corrected chi connectivity index (χ2v) is 13.1. The van der Waals surface area contributed by atoms with Gasteiger partial charge in [-0.25, -0.2) is 9.18 Å². The van der Waals surface area contributed by atoms with E-state index >= 15 is 0 Å². The Morgan fingerprint density at radius 2 is 1.96 bits per heavy atom. The molecular weight excluding hydrogens is 387 g/mol. The predicted molar refractivity (Wildman–Crippen MR) is 108 cm³/mol. The summed E-state index contributed by atoms with van der Waals surface area (Å²) in [5.74, 6) is -0.709. The van der Waals surface area contributed by atoms with E-state index in [0.29, 0.717) is 17.7 Å². The van der Waals surface area contributed by atoms with Crippen LogP contribution in [0.1, 0.15) is 26.3 Å². The molecule has 0 radical (unpaired) electrons. The molecule has 2 rings (SSSR count). The molecule has 0 aliphatic carbocycles. The highest BCUT2D eigenvalue weighted by atomic mass is 35.5. The molecule has 0 spiro atoms. The average Bonchev–Trinajstić information content (AvgIpc) is 2.55. The van der Waals surface area contributed by atoms with Gasteiger partial charge < -0.3 is 9.53 Å². The molecule has 0 unspecified atom stereocenters. The number of carboxylic acid groups (broad SMARTS) is 1. The van der Waals surface area contributed by atoms with Crippen molar-refractivity contribution < 1.29 is 18.7 Å². The number of nitrogens with one attached hydrogen (secondary N) is 1. The third kappa shape index (κ3) is 5.28. The van der Waals surface area contributed by atoms with Crippen LogP contribution in [-0.2, 0) is 11.0 Å². The van der Waals surface area contributed by atoms with Gasteiger partial charge in [-0.05, 0) is 41.9 Å². The van der Waals surface area contributed by atoms with E-state index in [4.69, 9.17) is 21.1 Å². The minimum absolute atomic E-state index is 0.0947. The Labute approximate surface area is 164 Å². The summed E-state index contributed by atoms with van der Waals surface area (Å²) in [4.78, 5) is 14.9. The largest absolute Gasteiger partial charge is 0.465 e. The molecule has 0 fully saturated rings. The van der Waals surface area contributed by atoms with Crippen molar-refractivity contribution in [3.8, 4) is 11.1 Å². The number of amides is 1. The summed E-state index contributed by atoms with van der Waals surface area (Å²) < 4.78 is 20.4. The van der Waals surface area contributed by atoms with Gasteiger partial charge in [0.2, 0.25) is 0 Å². The SMILES string of the molecule is CC(C)(C)[Si](C)(C)OCc1cncc(-c2cc(F)c(NC(=O)O)cc2Cl)c1. The second kappa shape index (κ2) is 7.96. The van der Waals surface area contributed by atoms with Crippen molar-refractivity contribution in [3.05, 3.63) is 47.0 Å². The number of hydrogen-bond acceptors (Lipinski definition) is 3. The van der Waals surface area contributed by atoms with Crippen LogP contribution in [-0.4, -0.2) is 24.5 Å². The van der Waals surface area contributed by atoms with E-state index in [9.17, 15) is 9.18 Å². The van der Waals surface area contributed by atoms with Crippen LogP contribution in [0.2, 0.25) is 23.2 Å². The molecule has 2 N–H and O–H groups in total. The lowest BCUT2D eigenvalue weighted by Crippen LogP contribution is -2.40. The first kappa shape index (κ1) is 21.3. The standard InChI is InChI=1S/C19H24ClFN2O3Si/c1-19(2,3)27(4,5)26-11-12-6-13(10-22-9-12)14-7-16(21)17(8-15(14)20)23-18(24)25/h6-10,23H,11H2,1-5H3,(H,24,25). The number of rotatable bonds is 5. The monoisotopic (exact) mass is 410 g/mol. The Morgan fingerprint density at radius 3 is 2.56 bits per heavy atom. The zero-order valence-corrected chi connectivity index (χ0v) is 17.8. The molecule has 0 atom stereocenters. The van der Waals surface area contributed by atoms with Gasteiger partial charge in [0, 0.05) is 23.5 Å². The minimum atomic E-state index is -1.91. The molecule has 0 saturated carbocycles. The zero-order chi connectivity index (χ0) is 20.4. The third-order valence-corrected chi connectivity index (χ3v) is 9.60. The van der Waals surface area contributed by atoms with E-state index in [-0.39, 0.29) is 15.7 Å². The number of halogens is 2. The van der Waals surface area contributed by atoms with Crippen LogP contribution in [0.3, 0.4) is 0 Å². The van der Waals surface area contributed by atoms with E-state index in [1.54, 1.807) is 12.4 Å². The van der Waals surface area contributed by atoms with Crippen molar-refractivity contribution in [2.75, 3.05) is 5.32 Å². The number of aromatic nitrogens is 1. The summed E-state index contributed by atoms with van der Waals surface area (Å²) in [5, 5.41) is 11.0. The minimum Gasteiger partial charge on any atom is -0.465 e. The fraction of sp³-hybridized carbons (Fsp3) is 0.368. The van der Waals surface area contributed by atoms with Gasteiger partial charge in [-0.1, -0.05) is 32.4 Å². The number of benzene rings is 1. The van der Waals surface area contributed by atoms with Crippen LogP contribution in [0.25, 0.3) is 11.1 Å². The molecule has 146 valence electrons. The Morgan fingerprint density at radius 1 is 1.30 bits per heavy atom. The van der Waals surface area contributed by atoms with Gasteiger partial charge in [0.25, 0.3) is 0 Å². The number of pyridine rings is 1. The lowest BCUT2D eigenvalue weighted by molar-refractivity contribution is 0.209. The summed E-state index contributed by atoms with van der Waals surface area (Å²) >= 11 is 6.23. The van der Waals surface area contributed by atoms with Gasteiger partial charge in [-0.3, -0.25) is 10.3 Å². The van der Waals surface area contributed by atoms with E-state index in [1.165, 1.54) is 12.1 Å². The smallest absolute Gasteiger partial charge is 0.409 e. The first-order valence-corrected chi connectivity index (χ1v) is 11.8. The Bertz CT molecular complexity index is 853. The summed E-state index contributed by atoms with van der Waals surface area (Å²) in [6, 6.07) is 4.30. The Kier molecular flexibility index (Phi) is 6.29. The van der Waals surface area contributed by atoms with Gasteiger partial charge in [-0.15, -0.1) is 0 Å². The molecule has 0 saturated heterocycles. The molecule has 27 heavy (non-hydrogen) atoms. The highest BCUT2D eigenvalue weighted by Gasteiger charge is 2.37. The van der Waals surface area contributed by atoms with Crippen LogP contribution in [0.5, 0.6) is 0 Å². The quantitative estimate of drug-likeness (QED) is 0.579. The van der Waals surface area contributed by atoms with Crippen LogP contribution in [0.4, 0.5) is 14.9 Å². The highest BCUT2D eigenvalue weighted by molar-refractivity contribution is 6.74. The van der Waals surface area contributed by atoms with Gasteiger partial charge in [0.1, 0.15) is 5.82 Å². The van der Waals surface area contributed by atoms with E-state index in [1.807, 2.05) is 11.4 Å². The van der Waals surface area contributed by atoms with Crippen molar-refractivity contribution in [2.45, 2.75) is 45.5 Å². The molecule has 0 bridgehead atoms. The van der Waals surface area contributed by atoms with E-state index < -0.39 is 20.2 Å². The Hall–Kier alpha value is -1.96. The van der Waals surface area contributed by atoms with E-state index in [2.05, 4.69) is 38.8 Å². The molecule has 0 aliphatic rings. The molecule has 1 aromatic heterocycles. The molecule has 1 aromatic carbocycles. The maximum atomic E-state index is 14.2. The predicted octanol–water partition coefficient (Wildman–Crippen LogP) is 6.15. The van der Waals surface area contributed by atoms with Gasteiger partial charge >= 0.3 is 6.09 Å². The number of hydrogen-bond donors (Lipinski definition) is 2. The van der Waals surface area contributed by atoms with Gasteiger partial charge in [0.05, 0.1) is 17.3 Å². The zero-order valence-electron chi connectivity index (χ0n) is 16.1. The van der Waals surface area contributed by atoms with Crippen LogP contribution in [0.15, 0.2) is 30.6 Å². The van der Waals surface area contributed by atoms with Crippen LogP contribution >= 0.6 is 11.6 Å². The summed E-state index contributed by atoms with van der Waals surface area (Å²) in [6.45, 7) is 11.3. The lowest BCUT2D eigenvalue weighted by atomic mass is 10.1. The topological polar surface area (TPSA) is 71.5 Å². The Balaban J connectivity index is 2.27. The number of nitrogens with zero attached hydrogens (tertiary/aromatic N) is 1. The maximum absolute atomic E-state index is 14.2. The second-order valence-electron chi connectivity index (χ2n) is 7.87. The van der Waals surface area contributed by atoms with Gasteiger partial charge in [-0.2, -0.15) is 0 Å². The van der Waals surface area contributed by atoms with Crippen molar-refractivity contribution in [1.29, 1.82) is 0 Å². The maximum Gasteiger partial charge on any atom is 0.409 e. The first-order chi connectivity index (χ1) is 12.4. The molecule has 5 nitrogen and oxygen atoms in total. The molecule has 2 aromatic rings. The summed E-state index contributed by atoms with van der Waals surface area (Å²) in [7, 11) is -1.91. The lowest BCUT2D eigenvalue weighted by Gasteiger charge is -2.36. The van der Waals surface area contributed by atoms with Crippen molar-refractivity contribution >= 4 is 31.7 Å². The van der Waals surface area contributed by atoms with E-state index in [0.717, 1.165) is 5.56 Å². The molecule has 8 heteroatoms. The highest BCUT2D eigenvalue weighted by Crippen LogP contribution is 2.37. The summed E-state index contributed by atoms with van der Waals surface area (Å²) in [6.07, 6.45) is 1.94. The fourth-order valence-electron chi connectivity index (χ4n) is 2.17. The molecule has 1 amide bonds. The molecule has 0 aliphatic heterocycles. The fourth-order valence-corrected chi connectivity index (χ4v) is 3.41. The normalized spacial score (nSPS) is 12.1. The van der Waals surface area contributed by atoms with Crippen molar-refractivity contribution in [2.24, 2.45) is 0 Å². The molecule has 1 heterocycles. The van der Waals surface area contributed by atoms with Crippen molar-refractivity contribution in [3.63, 3.8) is 0 Å². The summed E-state index contributed by atoms with van der Waals surface area (Å²) in [5.41, 5.74) is 1.74. The average molecular weight is 411 g/mol. The van der Waals surface area contributed by atoms with Gasteiger partial charge in [0.15, 0.2) is 8.32 Å². The first-order valence-electron chi connectivity index (χ1n) is 8.48. The van der Waals surface area contributed by atoms with Crippen LogP contribution < -0.4 is 5.32 Å². The third-order valence-electron chi connectivity index (χ3n) is 4.81. The number of anilines is 1. The number of carbonyl (C=O) groups is 1.